The van der Waals surface area contributed by atoms with Gasteiger partial charge in [0.25, 0.3) is 0 Å². The predicted octanol–water partition coefficient (Wildman–Crippen LogP) is 4.55. The van der Waals surface area contributed by atoms with E-state index in [4.69, 9.17) is 9.72 Å². The van der Waals surface area contributed by atoms with Gasteiger partial charge in [0.15, 0.2) is 0 Å². The molecule has 1 amide bonds. The maximum Gasteiger partial charge on any atom is 0.247 e. The van der Waals surface area contributed by atoms with Crippen molar-refractivity contribution >= 4 is 39.8 Å². The monoisotopic (exact) mass is 428 g/mol. The molecule has 162 valence electrons. The number of para-hydroxylation sites is 1. The SMILES string of the molecule is C=CC(=O)Nc1cc(Nc2nccc(-c3cn(C)c4ccccc34)n2)c(OC)cc1NC. The molecule has 2 aromatic heterocycles. The number of nitrogens with zero attached hydrogens (tertiary/aromatic N) is 3. The smallest absolute Gasteiger partial charge is 0.247 e. The van der Waals surface area contributed by atoms with E-state index in [0.29, 0.717) is 28.8 Å². The molecule has 0 radical (unpaired) electrons. The van der Waals surface area contributed by atoms with Crippen LogP contribution < -0.4 is 20.7 Å². The van der Waals surface area contributed by atoms with Crippen molar-refractivity contribution in [3.8, 4) is 17.0 Å². The minimum atomic E-state index is -0.313. The first-order chi connectivity index (χ1) is 15.5. The molecule has 0 atom stereocenters. The van der Waals surface area contributed by atoms with Gasteiger partial charge < -0.3 is 25.3 Å². The Balaban J connectivity index is 1.72. The third kappa shape index (κ3) is 3.98. The number of amides is 1. The Bertz CT molecular complexity index is 1310. The Morgan fingerprint density at radius 1 is 1.16 bits per heavy atom. The number of hydrogen-bond donors (Lipinski definition) is 3. The van der Waals surface area contributed by atoms with Gasteiger partial charge in [0.1, 0.15) is 5.75 Å². The highest BCUT2D eigenvalue weighted by atomic mass is 16.5. The van der Waals surface area contributed by atoms with E-state index in [0.717, 1.165) is 22.2 Å². The topological polar surface area (TPSA) is 93.1 Å². The summed E-state index contributed by atoms with van der Waals surface area (Å²) in [5.41, 5.74) is 4.83. The zero-order chi connectivity index (χ0) is 22.7. The molecule has 3 N–H and O–H groups in total. The number of fused-ring (bicyclic) bond motifs is 1. The van der Waals surface area contributed by atoms with Gasteiger partial charge in [0, 0.05) is 49.0 Å². The van der Waals surface area contributed by atoms with E-state index in [9.17, 15) is 4.79 Å². The van der Waals surface area contributed by atoms with Crippen molar-refractivity contribution in [2.45, 2.75) is 0 Å². The van der Waals surface area contributed by atoms with E-state index < -0.39 is 0 Å². The first-order valence-corrected chi connectivity index (χ1v) is 10.0. The average molecular weight is 428 g/mol. The molecule has 0 bridgehead atoms. The fourth-order valence-corrected chi connectivity index (χ4v) is 3.58. The molecule has 0 aliphatic carbocycles. The fraction of sp³-hybridized carbons (Fsp3) is 0.125. The number of hydrogen-bond acceptors (Lipinski definition) is 6. The number of nitrogens with one attached hydrogen (secondary N) is 3. The van der Waals surface area contributed by atoms with Crippen LogP contribution in [-0.2, 0) is 11.8 Å². The summed E-state index contributed by atoms with van der Waals surface area (Å²) in [5.74, 6) is 0.670. The molecule has 0 unspecified atom stereocenters. The molecule has 0 fully saturated rings. The molecule has 0 aliphatic heterocycles. The summed E-state index contributed by atoms with van der Waals surface area (Å²) in [6, 6.07) is 13.6. The Hall–Kier alpha value is -4.33. The van der Waals surface area contributed by atoms with Crippen LogP contribution in [0.1, 0.15) is 0 Å². The van der Waals surface area contributed by atoms with Gasteiger partial charge >= 0.3 is 0 Å². The highest BCUT2D eigenvalue weighted by molar-refractivity contribution is 6.02. The van der Waals surface area contributed by atoms with E-state index in [1.807, 2.05) is 25.2 Å². The molecule has 2 aromatic carbocycles. The van der Waals surface area contributed by atoms with Crippen LogP contribution in [0.15, 0.2) is 67.5 Å². The van der Waals surface area contributed by atoms with Gasteiger partial charge in [-0.25, -0.2) is 9.97 Å². The molecule has 0 saturated heterocycles. The summed E-state index contributed by atoms with van der Waals surface area (Å²) in [4.78, 5) is 20.9. The van der Waals surface area contributed by atoms with Crippen LogP contribution in [0.3, 0.4) is 0 Å². The number of anilines is 4. The maximum atomic E-state index is 11.8. The highest BCUT2D eigenvalue weighted by Crippen LogP contribution is 2.36. The minimum Gasteiger partial charge on any atom is -0.494 e. The molecule has 4 rings (SSSR count). The van der Waals surface area contributed by atoms with Gasteiger partial charge in [-0.1, -0.05) is 24.8 Å². The number of benzene rings is 2. The molecule has 4 aromatic rings. The zero-order valence-corrected chi connectivity index (χ0v) is 18.1. The van der Waals surface area contributed by atoms with Gasteiger partial charge in [-0.3, -0.25) is 4.79 Å². The average Bonchev–Trinajstić information content (AvgIpc) is 3.16. The standard InChI is InChI=1S/C24H24N6O2/c1-5-23(31)27-19-12-20(22(32-4)13-18(19)25-2)29-24-26-11-10-17(28-24)16-14-30(3)21-9-7-6-8-15(16)21/h5-14,25H,1H2,2-4H3,(H,27,31)(H,26,28,29). The van der Waals surface area contributed by atoms with Crippen LogP contribution in [0.5, 0.6) is 5.75 Å². The zero-order valence-electron chi connectivity index (χ0n) is 18.1. The van der Waals surface area contributed by atoms with E-state index in [1.54, 1.807) is 32.5 Å². The number of rotatable bonds is 7. The van der Waals surface area contributed by atoms with E-state index >= 15 is 0 Å². The summed E-state index contributed by atoms with van der Waals surface area (Å²) in [7, 11) is 5.36. The van der Waals surface area contributed by atoms with E-state index in [-0.39, 0.29) is 5.91 Å². The number of methoxy groups -OCH3 is 1. The highest BCUT2D eigenvalue weighted by Gasteiger charge is 2.14. The van der Waals surface area contributed by atoms with Crippen molar-refractivity contribution in [1.82, 2.24) is 14.5 Å². The van der Waals surface area contributed by atoms with Gasteiger partial charge in [-0.15, -0.1) is 0 Å². The van der Waals surface area contributed by atoms with Crippen molar-refractivity contribution < 1.29 is 9.53 Å². The van der Waals surface area contributed by atoms with Crippen molar-refractivity contribution in [2.75, 3.05) is 30.1 Å². The number of aromatic nitrogens is 3. The normalized spacial score (nSPS) is 10.6. The lowest BCUT2D eigenvalue weighted by Crippen LogP contribution is -2.10. The van der Waals surface area contributed by atoms with Crippen molar-refractivity contribution in [1.29, 1.82) is 0 Å². The van der Waals surface area contributed by atoms with Crippen LogP contribution in [0.4, 0.5) is 23.0 Å². The lowest BCUT2D eigenvalue weighted by molar-refractivity contribution is -0.111. The van der Waals surface area contributed by atoms with Crippen LogP contribution in [0, 0.1) is 0 Å². The second kappa shape index (κ2) is 8.81. The quantitative estimate of drug-likeness (QED) is 0.374. The molecule has 8 heteroatoms. The minimum absolute atomic E-state index is 0.313. The number of carbonyl (C=O) groups excluding carboxylic acids is 1. The second-order valence-corrected chi connectivity index (χ2v) is 7.10. The molecular weight excluding hydrogens is 404 g/mol. The van der Waals surface area contributed by atoms with Crippen LogP contribution in [0.2, 0.25) is 0 Å². The van der Waals surface area contributed by atoms with Gasteiger partial charge in [0.05, 0.1) is 29.9 Å². The van der Waals surface area contributed by atoms with E-state index in [1.165, 1.54) is 6.08 Å². The molecule has 0 aliphatic rings. The van der Waals surface area contributed by atoms with Crippen LogP contribution in [-0.4, -0.2) is 34.6 Å². The Morgan fingerprint density at radius 3 is 2.72 bits per heavy atom. The third-order valence-electron chi connectivity index (χ3n) is 5.13. The Labute approximate surface area is 186 Å². The number of ether oxygens (including phenoxy) is 1. The van der Waals surface area contributed by atoms with Crippen LogP contribution >= 0.6 is 0 Å². The Kier molecular flexibility index (Phi) is 5.76. The maximum absolute atomic E-state index is 11.8. The fourth-order valence-electron chi connectivity index (χ4n) is 3.58. The molecule has 2 heterocycles. The lowest BCUT2D eigenvalue weighted by Gasteiger charge is -2.16. The molecule has 0 spiro atoms. The Morgan fingerprint density at radius 2 is 1.97 bits per heavy atom. The second-order valence-electron chi connectivity index (χ2n) is 7.10. The summed E-state index contributed by atoms with van der Waals surface area (Å²) >= 11 is 0. The number of carbonyl (C=O) groups is 1. The third-order valence-corrected chi connectivity index (χ3v) is 5.13. The van der Waals surface area contributed by atoms with Crippen molar-refractivity contribution in [3.05, 3.63) is 67.5 Å². The van der Waals surface area contributed by atoms with Gasteiger partial charge in [-0.05, 0) is 24.3 Å². The summed E-state index contributed by atoms with van der Waals surface area (Å²) < 4.78 is 7.61. The molecule has 32 heavy (non-hydrogen) atoms. The van der Waals surface area contributed by atoms with Gasteiger partial charge in [-0.2, -0.15) is 0 Å². The summed E-state index contributed by atoms with van der Waals surface area (Å²) in [6.45, 7) is 3.50. The first-order valence-electron chi connectivity index (χ1n) is 10.0. The summed E-state index contributed by atoms with van der Waals surface area (Å²) in [6.07, 6.45) is 4.98. The lowest BCUT2D eigenvalue weighted by atomic mass is 10.1. The van der Waals surface area contributed by atoms with Gasteiger partial charge in [0.2, 0.25) is 11.9 Å². The van der Waals surface area contributed by atoms with E-state index in [2.05, 4.69) is 50.4 Å². The van der Waals surface area contributed by atoms with Crippen molar-refractivity contribution in [3.63, 3.8) is 0 Å². The molecule has 0 saturated carbocycles. The largest absolute Gasteiger partial charge is 0.494 e. The molecular formula is C24H24N6O2. The first kappa shape index (κ1) is 20.9. The van der Waals surface area contributed by atoms with Crippen molar-refractivity contribution in [2.24, 2.45) is 7.05 Å². The predicted molar refractivity (Wildman–Crippen MR) is 129 cm³/mol. The molecule has 8 nitrogen and oxygen atoms in total. The number of aryl methyl sites for hydroxylation is 1. The van der Waals surface area contributed by atoms with Crippen LogP contribution in [0.25, 0.3) is 22.2 Å². The summed E-state index contributed by atoms with van der Waals surface area (Å²) in [5, 5.41) is 10.2.